The second-order valence-electron chi connectivity index (χ2n) is 1.75. The lowest BCUT2D eigenvalue weighted by Crippen LogP contribution is -2.16. The quantitative estimate of drug-likeness (QED) is 0.712. The normalized spacial score (nSPS) is 8.36. The standard InChI is InChI=1S/C3H8O.C2HCl3O2.C2H3N/c1-2-3-4;3-2(4,5)1(6)7;1-2-3/h4H,2-3H2,1H3;(H,6,7);1H3. The lowest BCUT2D eigenvalue weighted by atomic mass is 10.5. The molecule has 0 atom stereocenters. The zero-order valence-corrected chi connectivity index (χ0v) is 10.1. The Labute approximate surface area is 98.0 Å². The summed E-state index contributed by atoms with van der Waals surface area (Å²) in [6.07, 6.45) is 0.875. The van der Waals surface area contributed by atoms with Gasteiger partial charge in [-0.25, -0.2) is 4.79 Å². The van der Waals surface area contributed by atoms with Crippen LogP contribution in [0.25, 0.3) is 0 Å². The van der Waals surface area contributed by atoms with E-state index >= 15 is 0 Å². The molecule has 14 heavy (non-hydrogen) atoms. The Morgan fingerprint density at radius 1 is 1.50 bits per heavy atom. The zero-order chi connectivity index (χ0) is 12.2. The third-order valence-corrected chi connectivity index (χ3v) is 0.951. The predicted molar refractivity (Wildman–Crippen MR) is 56.6 cm³/mol. The second kappa shape index (κ2) is 12.8. The van der Waals surface area contributed by atoms with Gasteiger partial charge >= 0.3 is 5.97 Å². The summed E-state index contributed by atoms with van der Waals surface area (Å²) in [5, 5.41) is 23.0. The minimum absolute atomic E-state index is 0.319. The molecule has 84 valence electrons. The van der Waals surface area contributed by atoms with Crippen molar-refractivity contribution in [3.8, 4) is 6.07 Å². The molecule has 0 fully saturated rings. The van der Waals surface area contributed by atoms with Crippen LogP contribution in [0, 0.1) is 11.3 Å². The Morgan fingerprint density at radius 3 is 1.64 bits per heavy atom. The van der Waals surface area contributed by atoms with Gasteiger partial charge in [0.15, 0.2) is 0 Å². The number of alkyl halides is 3. The number of carboxylic acid groups (broad SMARTS) is 1. The van der Waals surface area contributed by atoms with Gasteiger partial charge < -0.3 is 10.2 Å². The number of hydrogen-bond acceptors (Lipinski definition) is 3. The third-order valence-electron chi connectivity index (χ3n) is 0.466. The van der Waals surface area contributed by atoms with Crippen molar-refractivity contribution >= 4 is 40.8 Å². The van der Waals surface area contributed by atoms with Gasteiger partial charge in [-0.15, -0.1) is 0 Å². The minimum Gasteiger partial charge on any atom is -0.478 e. The fourth-order valence-corrected chi connectivity index (χ4v) is 0. The van der Waals surface area contributed by atoms with Gasteiger partial charge in [-0.3, -0.25) is 0 Å². The van der Waals surface area contributed by atoms with Crippen molar-refractivity contribution in [3.63, 3.8) is 0 Å². The number of nitrogens with zero attached hydrogens (tertiary/aromatic N) is 1. The molecule has 0 aliphatic heterocycles. The largest absolute Gasteiger partial charge is 0.478 e. The van der Waals surface area contributed by atoms with Crippen LogP contribution in [-0.2, 0) is 4.79 Å². The number of nitriles is 1. The molecule has 0 radical (unpaired) electrons. The van der Waals surface area contributed by atoms with Gasteiger partial charge in [0.25, 0.3) is 3.79 Å². The van der Waals surface area contributed by atoms with E-state index in [1.807, 2.05) is 6.92 Å². The smallest absolute Gasteiger partial charge is 0.356 e. The first kappa shape index (κ1) is 19.4. The predicted octanol–water partition coefficient (Wildman–Crippen LogP) is 2.36. The van der Waals surface area contributed by atoms with Crippen molar-refractivity contribution in [3.05, 3.63) is 0 Å². The van der Waals surface area contributed by atoms with E-state index in [9.17, 15) is 4.79 Å². The Hall–Kier alpha value is -0.210. The number of aliphatic carboxylic acids is 1. The van der Waals surface area contributed by atoms with Crippen LogP contribution >= 0.6 is 34.8 Å². The highest BCUT2D eigenvalue weighted by atomic mass is 35.6. The lowest BCUT2D eigenvalue weighted by molar-refractivity contribution is -0.135. The molecular formula is C7H12Cl3NO3. The molecule has 0 heterocycles. The van der Waals surface area contributed by atoms with Gasteiger partial charge in [0.05, 0.1) is 6.07 Å². The molecule has 0 aromatic carbocycles. The Kier molecular flexibility index (Phi) is 17.7. The van der Waals surface area contributed by atoms with E-state index < -0.39 is 9.76 Å². The van der Waals surface area contributed by atoms with Crippen LogP contribution in [0.3, 0.4) is 0 Å². The number of aliphatic hydroxyl groups is 1. The molecule has 0 aromatic heterocycles. The first-order valence-corrected chi connectivity index (χ1v) is 4.63. The third kappa shape index (κ3) is 29.8. The van der Waals surface area contributed by atoms with Crippen molar-refractivity contribution in [2.24, 2.45) is 0 Å². The highest BCUT2D eigenvalue weighted by molar-refractivity contribution is 6.75. The van der Waals surface area contributed by atoms with E-state index in [1.54, 1.807) is 6.07 Å². The average molecular weight is 265 g/mol. The molecule has 0 amide bonds. The molecule has 0 aliphatic rings. The summed E-state index contributed by atoms with van der Waals surface area (Å²) in [7, 11) is 0. The minimum atomic E-state index is -2.17. The molecule has 0 bridgehead atoms. The molecule has 4 nitrogen and oxygen atoms in total. The number of halogens is 3. The molecule has 0 aliphatic carbocycles. The number of rotatable bonds is 1. The molecule has 0 saturated carbocycles. The topological polar surface area (TPSA) is 81.3 Å². The van der Waals surface area contributed by atoms with Crippen LogP contribution < -0.4 is 0 Å². The van der Waals surface area contributed by atoms with Crippen molar-refractivity contribution < 1.29 is 15.0 Å². The van der Waals surface area contributed by atoms with Gasteiger partial charge in [-0.05, 0) is 6.42 Å². The fraction of sp³-hybridized carbons (Fsp3) is 0.714. The fourth-order valence-electron chi connectivity index (χ4n) is 0. The molecule has 0 aromatic rings. The summed E-state index contributed by atoms with van der Waals surface area (Å²) in [6, 6.07) is 1.75. The van der Waals surface area contributed by atoms with Gasteiger partial charge in [0, 0.05) is 13.5 Å². The maximum Gasteiger partial charge on any atom is 0.356 e. The van der Waals surface area contributed by atoms with E-state index in [1.165, 1.54) is 6.92 Å². The van der Waals surface area contributed by atoms with E-state index in [0.717, 1.165) is 6.42 Å². The van der Waals surface area contributed by atoms with Crippen molar-refractivity contribution in [1.82, 2.24) is 0 Å². The number of hydrogen-bond donors (Lipinski definition) is 2. The van der Waals surface area contributed by atoms with Gasteiger partial charge in [-0.2, -0.15) is 5.26 Å². The highest BCUT2D eigenvalue weighted by Gasteiger charge is 2.29. The van der Waals surface area contributed by atoms with E-state index in [2.05, 4.69) is 0 Å². The van der Waals surface area contributed by atoms with E-state index in [0.29, 0.717) is 6.61 Å². The summed E-state index contributed by atoms with van der Waals surface area (Å²) in [5.41, 5.74) is 0. The molecular weight excluding hydrogens is 252 g/mol. The van der Waals surface area contributed by atoms with Crippen LogP contribution in [0.15, 0.2) is 0 Å². The van der Waals surface area contributed by atoms with E-state index in [4.69, 9.17) is 50.3 Å². The SMILES string of the molecule is CC#N.CCCO.O=C(O)C(Cl)(Cl)Cl. The summed E-state index contributed by atoms with van der Waals surface area (Å²) in [4.78, 5) is 9.62. The summed E-state index contributed by atoms with van der Waals surface area (Å²) >= 11 is 14.4. The average Bonchev–Trinajstić information content (AvgIpc) is 2.04. The molecule has 0 unspecified atom stereocenters. The molecule has 7 heteroatoms. The molecule has 0 saturated heterocycles. The Bertz CT molecular complexity index is 172. The van der Waals surface area contributed by atoms with Crippen LogP contribution in [0.2, 0.25) is 0 Å². The molecule has 0 rings (SSSR count). The van der Waals surface area contributed by atoms with Crippen LogP contribution in [0.1, 0.15) is 20.3 Å². The lowest BCUT2D eigenvalue weighted by Gasteiger charge is -1.99. The van der Waals surface area contributed by atoms with Gasteiger partial charge in [0.2, 0.25) is 0 Å². The zero-order valence-electron chi connectivity index (χ0n) is 7.80. The summed E-state index contributed by atoms with van der Waals surface area (Å²) in [6.45, 7) is 3.68. The van der Waals surface area contributed by atoms with Crippen molar-refractivity contribution in [2.75, 3.05) is 6.61 Å². The van der Waals surface area contributed by atoms with Gasteiger partial charge in [-0.1, -0.05) is 41.7 Å². The maximum absolute atomic E-state index is 9.62. The first-order valence-electron chi connectivity index (χ1n) is 3.49. The highest BCUT2D eigenvalue weighted by Crippen LogP contribution is 2.25. The summed E-state index contributed by atoms with van der Waals surface area (Å²) in [5.74, 6) is -1.46. The number of aliphatic hydroxyl groups excluding tert-OH is 1. The van der Waals surface area contributed by atoms with Crippen molar-refractivity contribution in [2.45, 2.75) is 24.1 Å². The number of carbonyl (C=O) groups is 1. The van der Waals surface area contributed by atoms with Crippen molar-refractivity contribution in [1.29, 1.82) is 5.26 Å². The molecule has 0 spiro atoms. The van der Waals surface area contributed by atoms with Gasteiger partial charge in [0.1, 0.15) is 0 Å². The monoisotopic (exact) mass is 263 g/mol. The maximum atomic E-state index is 9.62. The Balaban J connectivity index is -0.000000147. The first-order chi connectivity index (χ1) is 6.27. The summed E-state index contributed by atoms with van der Waals surface area (Å²) < 4.78 is -2.17. The van der Waals surface area contributed by atoms with Crippen LogP contribution in [0.4, 0.5) is 0 Å². The molecule has 2 N–H and O–H groups in total. The second-order valence-corrected chi connectivity index (χ2v) is 4.03. The van der Waals surface area contributed by atoms with E-state index in [-0.39, 0.29) is 0 Å². The Morgan fingerprint density at radius 2 is 1.64 bits per heavy atom. The number of carboxylic acids is 1. The van der Waals surface area contributed by atoms with Crippen LogP contribution in [-0.4, -0.2) is 26.6 Å². The van der Waals surface area contributed by atoms with Crippen LogP contribution in [0.5, 0.6) is 0 Å².